The number of likely N-dealkylation sites (tertiary alicyclic amines) is 1. The lowest BCUT2D eigenvalue weighted by Gasteiger charge is -2.31. The van der Waals surface area contributed by atoms with E-state index in [1.807, 2.05) is 29.2 Å². The highest BCUT2D eigenvalue weighted by atomic mass is 16.5. The van der Waals surface area contributed by atoms with Gasteiger partial charge in [0.1, 0.15) is 12.1 Å². The number of fused-ring (bicyclic) bond motifs is 1. The molecule has 3 aromatic rings. The lowest BCUT2D eigenvalue weighted by atomic mass is 9.97. The van der Waals surface area contributed by atoms with Crippen molar-refractivity contribution in [2.24, 2.45) is 0 Å². The average Bonchev–Trinajstić information content (AvgIpc) is 3.22. The predicted octanol–water partition coefficient (Wildman–Crippen LogP) is 1.53. The van der Waals surface area contributed by atoms with Crippen molar-refractivity contribution in [2.45, 2.75) is 32.2 Å². The Hall–Kier alpha value is -2.77. The number of aromatic nitrogens is 5. The maximum Gasteiger partial charge on any atom is 0.244 e. The van der Waals surface area contributed by atoms with Crippen LogP contribution in [0.2, 0.25) is 0 Å². The van der Waals surface area contributed by atoms with E-state index >= 15 is 0 Å². The molecule has 0 N–H and O–H groups in total. The molecule has 1 fully saturated rings. The van der Waals surface area contributed by atoms with Gasteiger partial charge < -0.3 is 9.42 Å². The minimum absolute atomic E-state index is 0.0376. The van der Waals surface area contributed by atoms with Crippen LogP contribution in [0.5, 0.6) is 0 Å². The summed E-state index contributed by atoms with van der Waals surface area (Å²) in [5.41, 5.74) is 1.66. The largest absolute Gasteiger partial charge is 0.340 e. The Morgan fingerprint density at radius 2 is 2.25 bits per heavy atom. The van der Waals surface area contributed by atoms with Gasteiger partial charge in [-0.1, -0.05) is 22.5 Å². The summed E-state index contributed by atoms with van der Waals surface area (Å²) < 4.78 is 6.71. The highest BCUT2D eigenvalue weighted by Crippen LogP contribution is 2.25. The van der Waals surface area contributed by atoms with Crippen molar-refractivity contribution in [3.8, 4) is 0 Å². The summed E-state index contributed by atoms with van der Waals surface area (Å²) in [5.74, 6) is 1.42. The van der Waals surface area contributed by atoms with Crippen LogP contribution in [0.15, 0.2) is 28.8 Å². The molecule has 0 radical (unpaired) electrons. The Balaban J connectivity index is 1.48. The molecule has 1 atom stereocenters. The topological polar surface area (TPSA) is 89.9 Å². The van der Waals surface area contributed by atoms with Crippen LogP contribution in [0.3, 0.4) is 0 Å². The van der Waals surface area contributed by atoms with Crippen LogP contribution in [0, 0.1) is 6.92 Å². The van der Waals surface area contributed by atoms with Gasteiger partial charge >= 0.3 is 0 Å². The molecule has 1 amide bonds. The fourth-order valence-corrected chi connectivity index (χ4v) is 3.16. The quantitative estimate of drug-likeness (QED) is 0.725. The zero-order valence-electron chi connectivity index (χ0n) is 13.4. The van der Waals surface area contributed by atoms with E-state index in [-0.39, 0.29) is 18.4 Å². The van der Waals surface area contributed by atoms with Crippen molar-refractivity contribution in [3.63, 3.8) is 0 Å². The van der Waals surface area contributed by atoms with Crippen molar-refractivity contribution < 1.29 is 9.32 Å². The summed E-state index contributed by atoms with van der Waals surface area (Å²) in [6.07, 6.45) is 1.90. The second kappa shape index (κ2) is 6.03. The molecule has 3 heterocycles. The molecule has 0 bridgehead atoms. The smallest absolute Gasteiger partial charge is 0.244 e. The van der Waals surface area contributed by atoms with Gasteiger partial charge in [0, 0.05) is 25.9 Å². The first-order chi connectivity index (χ1) is 11.7. The van der Waals surface area contributed by atoms with Crippen LogP contribution in [0.4, 0.5) is 0 Å². The average molecular weight is 326 g/mol. The predicted molar refractivity (Wildman–Crippen MR) is 85.1 cm³/mol. The monoisotopic (exact) mass is 326 g/mol. The Morgan fingerprint density at radius 1 is 1.38 bits per heavy atom. The fourth-order valence-electron chi connectivity index (χ4n) is 3.16. The van der Waals surface area contributed by atoms with Crippen molar-refractivity contribution in [2.75, 3.05) is 13.1 Å². The SMILES string of the molecule is Cc1nc([C@H]2CCCN(C(=O)Cn3nnc4ccccc43)C2)no1. The molecule has 8 nitrogen and oxygen atoms in total. The molecular formula is C16H18N6O2. The van der Waals surface area contributed by atoms with Crippen molar-refractivity contribution in [1.82, 2.24) is 30.0 Å². The van der Waals surface area contributed by atoms with Crippen LogP contribution in [0.1, 0.15) is 30.5 Å². The normalized spacial score (nSPS) is 18.2. The maximum atomic E-state index is 12.7. The third-order valence-corrected chi connectivity index (χ3v) is 4.39. The summed E-state index contributed by atoms with van der Waals surface area (Å²) in [6.45, 7) is 3.33. The van der Waals surface area contributed by atoms with Gasteiger partial charge in [0.2, 0.25) is 11.8 Å². The van der Waals surface area contributed by atoms with Gasteiger partial charge in [-0.3, -0.25) is 4.79 Å². The summed E-state index contributed by atoms with van der Waals surface area (Å²) in [5, 5.41) is 12.2. The summed E-state index contributed by atoms with van der Waals surface area (Å²) in [7, 11) is 0. The van der Waals surface area contributed by atoms with E-state index in [1.54, 1.807) is 11.6 Å². The first kappa shape index (κ1) is 14.8. The third kappa shape index (κ3) is 2.75. The molecule has 0 spiro atoms. The number of rotatable bonds is 3. The molecule has 1 aromatic carbocycles. The Labute approximate surface area is 138 Å². The number of amides is 1. The Kier molecular flexibility index (Phi) is 3.72. The van der Waals surface area contributed by atoms with Gasteiger partial charge in [0.15, 0.2) is 5.82 Å². The second-order valence-corrected chi connectivity index (χ2v) is 6.09. The number of benzene rings is 1. The lowest BCUT2D eigenvalue weighted by Crippen LogP contribution is -2.41. The van der Waals surface area contributed by atoms with Crippen LogP contribution in [0.25, 0.3) is 11.0 Å². The standard InChI is InChI=1S/C16H18N6O2/c1-11-17-16(19-24-11)12-5-4-8-21(9-12)15(23)10-22-14-7-3-2-6-13(14)18-20-22/h2-3,6-7,12H,4-5,8-10H2,1H3/t12-/m0/s1. The lowest BCUT2D eigenvalue weighted by molar-refractivity contribution is -0.133. The Morgan fingerprint density at radius 3 is 3.08 bits per heavy atom. The minimum atomic E-state index is 0.0376. The van der Waals surface area contributed by atoms with Crippen LogP contribution in [-0.4, -0.2) is 49.0 Å². The van der Waals surface area contributed by atoms with Gasteiger partial charge in [-0.25, -0.2) is 4.68 Å². The fraction of sp³-hybridized carbons (Fsp3) is 0.438. The molecule has 4 rings (SSSR count). The number of carbonyl (C=O) groups is 1. The number of piperidine rings is 1. The molecule has 0 aliphatic carbocycles. The molecule has 2 aromatic heterocycles. The summed E-state index contributed by atoms with van der Waals surface area (Å²) >= 11 is 0. The second-order valence-electron chi connectivity index (χ2n) is 6.09. The van der Waals surface area contributed by atoms with E-state index in [9.17, 15) is 4.79 Å². The molecule has 0 saturated carbocycles. The number of nitrogens with zero attached hydrogens (tertiary/aromatic N) is 6. The van der Waals surface area contributed by atoms with Crippen molar-refractivity contribution >= 4 is 16.9 Å². The molecule has 0 unspecified atom stereocenters. The molecular weight excluding hydrogens is 308 g/mol. The zero-order valence-corrected chi connectivity index (χ0v) is 13.4. The zero-order chi connectivity index (χ0) is 16.5. The maximum absolute atomic E-state index is 12.7. The highest BCUT2D eigenvalue weighted by molar-refractivity contribution is 5.79. The van der Waals surface area contributed by atoms with Gasteiger partial charge in [0.05, 0.1) is 5.52 Å². The number of hydrogen-bond acceptors (Lipinski definition) is 6. The molecule has 1 saturated heterocycles. The van der Waals surface area contributed by atoms with E-state index in [0.717, 1.165) is 30.4 Å². The van der Waals surface area contributed by atoms with Crippen LogP contribution in [-0.2, 0) is 11.3 Å². The van der Waals surface area contributed by atoms with Gasteiger partial charge in [0.25, 0.3) is 0 Å². The van der Waals surface area contributed by atoms with E-state index in [4.69, 9.17) is 4.52 Å². The first-order valence-corrected chi connectivity index (χ1v) is 8.07. The molecule has 124 valence electrons. The number of hydrogen-bond donors (Lipinski definition) is 0. The van der Waals surface area contributed by atoms with Crippen molar-refractivity contribution in [1.29, 1.82) is 0 Å². The van der Waals surface area contributed by atoms with Crippen LogP contribution < -0.4 is 0 Å². The van der Waals surface area contributed by atoms with Gasteiger partial charge in [-0.2, -0.15) is 4.98 Å². The molecule has 1 aliphatic heterocycles. The molecule has 8 heteroatoms. The Bertz CT molecular complexity index is 870. The van der Waals surface area contributed by atoms with E-state index in [2.05, 4.69) is 20.5 Å². The summed E-state index contributed by atoms with van der Waals surface area (Å²) in [6, 6.07) is 7.63. The van der Waals surface area contributed by atoms with Crippen molar-refractivity contribution in [3.05, 3.63) is 36.0 Å². The minimum Gasteiger partial charge on any atom is -0.340 e. The van der Waals surface area contributed by atoms with Gasteiger partial charge in [-0.05, 0) is 25.0 Å². The van der Waals surface area contributed by atoms with E-state index in [1.165, 1.54) is 0 Å². The van der Waals surface area contributed by atoms with E-state index < -0.39 is 0 Å². The number of carbonyl (C=O) groups excluding carboxylic acids is 1. The first-order valence-electron chi connectivity index (χ1n) is 8.07. The van der Waals surface area contributed by atoms with Crippen LogP contribution >= 0.6 is 0 Å². The number of para-hydroxylation sites is 1. The van der Waals surface area contributed by atoms with E-state index in [0.29, 0.717) is 18.3 Å². The number of aryl methyl sites for hydroxylation is 1. The molecule has 24 heavy (non-hydrogen) atoms. The third-order valence-electron chi connectivity index (χ3n) is 4.39. The van der Waals surface area contributed by atoms with Gasteiger partial charge in [-0.15, -0.1) is 5.10 Å². The highest BCUT2D eigenvalue weighted by Gasteiger charge is 2.28. The summed E-state index contributed by atoms with van der Waals surface area (Å²) in [4.78, 5) is 18.8. The molecule has 1 aliphatic rings.